The van der Waals surface area contributed by atoms with Crippen molar-refractivity contribution in [1.29, 1.82) is 0 Å². The molecule has 0 aromatic rings. The Balaban J connectivity index is 0. The summed E-state index contributed by atoms with van der Waals surface area (Å²) in [5.41, 5.74) is 0. The first-order chi connectivity index (χ1) is 5.86. The van der Waals surface area contributed by atoms with Crippen LogP contribution in [0.2, 0.25) is 0 Å². The Labute approximate surface area is 89.1 Å². The molecular weight excluding hydrogens is 211 g/mol. The van der Waals surface area contributed by atoms with E-state index in [1.807, 2.05) is 0 Å². The van der Waals surface area contributed by atoms with Gasteiger partial charge in [0.1, 0.15) is 5.92 Å². The molecule has 7 nitrogen and oxygen atoms in total. The van der Waals surface area contributed by atoms with Crippen LogP contribution in [0.25, 0.3) is 0 Å². The number of aliphatic hydroxyl groups excluding tert-OH is 1. The van der Waals surface area contributed by atoms with E-state index in [9.17, 15) is 14.4 Å². The molecule has 0 aliphatic carbocycles. The van der Waals surface area contributed by atoms with E-state index in [-0.39, 0.29) is 17.4 Å². The van der Waals surface area contributed by atoms with Gasteiger partial charge in [0.2, 0.25) is 0 Å². The smallest absolute Gasteiger partial charge is 0.333 e. The second-order valence-corrected chi connectivity index (χ2v) is 2.33. The van der Waals surface area contributed by atoms with Crippen molar-refractivity contribution in [1.82, 2.24) is 0 Å². The van der Waals surface area contributed by atoms with Gasteiger partial charge in [-0.2, -0.15) is 0 Å². The van der Waals surface area contributed by atoms with E-state index in [0.717, 1.165) is 0 Å². The highest BCUT2D eigenvalue weighted by Gasteiger charge is 2.33. The number of carbonyl (C=O) groups is 3. The second-order valence-electron chi connectivity index (χ2n) is 2.33. The molecule has 0 saturated carbocycles. The van der Waals surface area contributed by atoms with Crippen molar-refractivity contribution in [3.05, 3.63) is 0 Å². The van der Waals surface area contributed by atoms with Crippen LogP contribution in [-0.4, -0.2) is 61.8 Å². The summed E-state index contributed by atoms with van der Waals surface area (Å²) in [7, 11) is 0. The highest BCUT2D eigenvalue weighted by molar-refractivity contribution is 5.85. The maximum absolute atomic E-state index is 10.3. The number of hydrogen-bond donors (Lipinski definition) is 4. The minimum Gasteiger partial charge on any atom is -0.481 e. The Morgan fingerprint density at radius 2 is 1.43 bits per heavy atom. The van der Waals surface area contributed by atoms with E-state index < -0.39 is 36.4 Å². The standard InChI is InChI=1S/C6H8O7.Al.3H/c7-3(8)1-2(5(10)11)4(9)6(12)13;;;;/h2,4,9H,1H2,(H,7,8)(H,10,11)(H,12,13);;;;. The van der Waals surface area contributed by atoms with Crippen molar-refractivity contribution in [2.24, 2.45) is 5.92 Å². The normalized spacial score (nSPS) is 13.5. The van der Waals surface area contributed by atoms with Crippen molar-refractivity contribution < 1.29 is 34.8 Å². The first-order valence-corrected chi connectivity index (χ1v) is 3.21. The molecule has 0 aromatic carbocycles. The van der Waals surface area contributed by atoms with Crippen LogP contribution in [0.3, 0.4) is 0 Å². The first kappa shape index (κ1) is 15.4. The van der Waals surface area contributed by atoms with Crippen LogP contribution in [0.1, 0.15) is 6.42 Å². The van der Waals surface area contributed by atoms with Gasteiger partial charge >= 0.3 is 17.9 Å². The van der Waals surface area contributed by atoms with Gasteiger partial charge in [-0.25, -0.2) is 4.79 Å². The number of aliphatic hydroxyl groups is 1. The van der Waals surface area contributed by atoms with E-state index in [2.05, 4.69) is 0 Å². The molecule has 14 heavy (non-hydrogen) atoms. The molecule has 2 atom stereocenters. The zero-order valence-electron chi connectivity index (χ0n) is 6.38. The molecule has 0 amide bonds. The number of carboxylic acid groups (broad SMARTS) is 3. The summed E-state index contributed by atoms with van der Waals surface area (Å²) >= 11 is 0. The summed E-state index contributed by atoms with van der Waals surface area (Å²) in [6.45, 7) is 0. The third kappa shape index (κ3) is 4.81. The molecule has 0 saturated heterocycles. The predicted molar refractivity (Wildman–Crippen MR) is 47.0 cm³/mol. The number of hydrogen-bond acceptors (Lipinski definition) is 4. The van der Waals surface area contributed by atoms with E-state index in [1.165, 1.54) is 0 Å². The van der Waals surface area contributed by atoms with Crippen LogP contribution >= 0.6 is 0 Å². The van der Waals surface area contributed by atoms with Gasteiger partial charge in [-0.15, -0.1) is 0 Å². The lowest BCUT2D eigenvalue weighted by Crippen LogP contribution is -2.36. The fourth-order valence-electron chi connectivity index (χ4n) is 0.694. The third-order valence-corrected chi connectivity index (χ3v) is 1.35. The highest BCUT2D eigenvalue weighted by atomic mass is 27.0. The van der Waals surface area contributed by atoms with Crippen LogP contribution in [0, 0.1) is 5.92 Å². The lowest BCUT2D eigenvalue weighted by molar-refractivity contribution is -0.162. The van der Waals surface area contributed by atoms with Crippen molar-refractivity contribution in [3.63, 3.8) is 0 Å². The Morgan fingerprint density at radius 1 is 1.00 bits per heavy atom. The maximum Gasteiger partial charge on any atom is 0.333 e. The molecule has 0 aromatic heterocycles. The topological polar surface area (TPSA) is 132 Å². The molecule has 0 heterocycles. The number of aliphatic carboxylic acids is 3. The quantitative estimate of drug-likeness (QED) is 0.375. The van der Waals surface area contributed by atoms with E-state index in [1.54, 1.807) is 0 Å². The fourth-order valence-corrected chi connectivity index (χ4v) is 0.694. The zero-order chi connectivity index (χ0) is 10.6. The second kappa shape index (κ2) is 6.37. The van der Waals surface area contributed by atoms with Crippen molar-refractivity contribution in [3.8, 4) is 0 Å². The van der Waals surface area contributed by atoms with Gasteiger partial charge in [0, 0.05) is 0 Å². The summed E-state index contributed by atoms with van der Waals surface area (Å²) in [6, 6.07) is 0. The number of carboxylic acids is 3. The SMILES string of the molecule is O=C(O)CC(C(=O)O)C(O)C(=O)O.[AlH3]. The van der Waals surface area contributed by atoms with Crippen LogP contribution in [0.4, 0.5) is 0 Å². The Bertz CT molecular complexity index is 238. The molecule has 80 valence electrons. The molecule has 0 bridgehead atoms. The molecular formula is C6H11AlO7. The van der Waals surface area contributed by atoms with Crippen LogP contribution < -0.4 is 0 Å². The first-order valence-electron chi connectivity index (χ1n) is 3.21. The summed E-state index contributed by atoms with van der Waals surface area (Å²) in [6.07, 6.45) is -3.13. The van der Waals surface area contributed by atoms with E-state index >= 15 is 0 Å². The van der Waals surface area contributed by atoms with Gasteiger partial charge in [0.05, 0.1) is 6.42 Å². The van der Waals surface area contributed by atoms with E-state index in [0.29, 0.717) is 0 Å². The van der Waals surface area contributed by atoms with Crippen LogP contribution in [-0.2, 0) is 14.4 Å². The molecule has 0 radical (unpaired) electrons. The lowest BCUT2D eigenvalue weighted by Gasteiger charge is -2.12. The fraction of sp³-hybridized carbons (Fsp3) is 0.500. The Hall–Kier alpha value is -1.10. The summed E-state index contributed by atoms with van der Waals surface area (Å²) in [5, 5.41) is 33.5. The molecule has 0 aliphatic heterocycles. The van der Waals surface area contributed by atoms with Gasteiger partial charge in [-0.1, -0.05) is 0 Å². The zero-order valence-corrected chi connectivity index (χ0v) is 6.38. The molecule has 0 aliphatic rings. The van der Waals surface area contributed by atoms with Crippen molar-refractivity contribution >= 4 is 35.3 Å². The molecule has 2 unspecified atom stereocenters. The monoisotopic (exact) mass is 222 g/mol. The van der Waals surface area contributed by atoms with Gasteiger partial charge in [-0.3, -0.25) is 9.59 Å². The predicted octanol–water partition coefficient (Wildman–Crippen LogP) is -2.58. The molecule has 0 rings (SSSR count). The Morgan fingerprint density at radius 3 is 1.64 bits per heavy atom. The largest absolute Gasteiger partial charge is 0.481 e. The van der Waals surface area contributed by atoms with Gasteiger partial charge in [0.15, 0.2) is 23.5 Å². The maximum atomic E-state index is 10.3. The van der Waals surface area contributed by atoms with Gasteiger partial charge in [0.25, 0.3) is 0 Å². The average Bonchev–Trinajstić information content (AvgIpc) is 1.97. The summed E-state index contributed by atoms with van der Waals surface area (Å²) in [4.78, 5) is 30.5. The number of rotatable bonds is 5. The summed E-state index contributed by atoms with van der Waals surface area (Å²) in [5.74, 6) is -6.71. The highest BCUT2D eigenvalue weighted by Crippen LogP contribution is 2.09. The minimum absolute atomic E-state index is 0. The third-order valence-electron chi connectivity index (χ3n) is 1.35. The summed E-state index contributed by atoms with van der Waals surface area (Å²) < 4.78 is 0. The molecule has 8 heteroatoms. The van der Waals surface area contributed by atoms with Gasteiger partial charge in [-0.05, 0) is 0 Å². The molecule has 0 fully saturated rings. The van der Waals surface area contributed by atoms with Crippen LogP contribution in [0.15, 0.2) is 0 Å². The van der Waals surface area contributed by atoms with Gasteiger partial charge < -0.3 is 20.4 Å². The average molecular weight is 222 g/mol. The molecule has 0 spiro atoms. The Kier molecular flexibility index (Phi) is 7.00. The van der Waals surface area contributed by atoms with Crippen molar-refractivity contribution in [2.45, 2.75) is 12.5 Å². The van der Waals surface area contributed by atoms with Crippen LogP contribution in [0.5, 0.6) is 0 Å². The molecule has 4 N–H and O–H groups in total. The minimum atomic E-state index is -2.20. The lowest BCUT2D eigenvalue weighted by atomic mass is 9.99. The van der Waals surface area contributed by atoms with E-state index in [4.69, 9.17) is 20.4 Å². The van der Waals surface area contributed by atoms with Crippen molar-refractivity contribution in [2.75, 3.05) is 0 Å².